The average Bonchev–Trinajstić information content (AvgIpc) is 3.17. The third-order valence-electron chi connectivity index (χ3n) is 4.58. The molecule has 9 nitrogen and oxygen atoms in total. The first kappa shape index (κ1) is 17.8. The molecule has 28 heavy (non-hydrogen) atoms. The fourth-order valence-corrected chi connectivity index (χ4v) is 3.14. The number of aromatic nitrogens is 4. The summed E-state index contributed by atoms with van der Waals surface area (Å²) in [5.74, 6) is 1.38. The molecule has 1 saturated heterocycles. The summed E-state index contributed by atoms with van der Waals surface area (Å²) in [5.41, 5.74) is 2.74. The summed E-state index contributed by atoms with van der Waals surface area (Å²) in [4.78, 5) is 25.7. The zero-order valence-electron chi connectivity index (χ0n) is 15.3. The van der Waals surface area contributed by atoms with Crippen molar-refractivity contribution in [1.82, 2.24) is 20.1 Å². The van der Waals surface area contributed by atoms with Crippen LogP contribution in [0.4, 0.5) is 11.5 Å². The van der Waals surface area contributed by atoms with E-state index in [4.69, 9.17) is 4.52 Å². The molecule has 0 bridgehead atoms. The smallest absolute Gasteiger partial charge is 0.311 e. The molecule has 3 aromatic rings. The van der Waals surface area contributed by atoms with Crippen molar-refractivity contribution in [3.05, 3.63) is 63.9 Å². The highest BCUT2D eigenvalue weighted by Crippen LogP contribution is 2.30. The van der Waals surface area contributed by atoms with Crippen molar-refractivity contribution < 1.29 is 9.45 Å². The second kappa shape index (κ2) is 7.55. The van der Waals surface area contributed by atoms with Crippen LogP contribution >= 0.6 is 0 Å². The maximum absolute atomic E-state index is 11.3. The summed E-state index contributed by atoms with van der Waals surface area (Å²) in [5, 5.41) is 15.3. The topological polar surface area (TPSA) is 111 Å². The highest BCUT2D eigenvalue weighted by atomic mass is 16.6. The van der Waals surface area contributed by atoms with Crippen LogP contribution in [-0.4, -0.2) is 38.1 Å². The molecule has 1 aliphatic rings. The summed E-state index contributed by atoms with van der Waals surface area (Å²) in [6, 6.07) is 6.85. The van der Waals surface area contributed by atoms with Crippen LogP contribution in [0.3, 0.4) is 0 Å². The quantitative estimate of drug-likeness (QED) is 0.501. The molecule has 3 aromatic heterocycles. The number of pyridine rings is 2. The van der Waals surface area contributed by atoms with Gasteiger partial charge in [0.25, 0.3) is 5.89 Å². The van der Waals surface area contributed by atoms with E-state index in [1.54, 1.807) is 18.5 Å². The van der Waals surface area contributed by atoms with Crippen molar-refractivity contribution >= 4 is 17.6 Å². The zero-order valence-corrected chi connectivity index (χ0v) is 15.3. The van der Waals surface area contributed by atoms with Crippen LogP contribution in [0, 0.1) is 17.0 Å². The molecule has 9 heteroatoms. The van der Waals surface area contributed by atoms with Crippen molar-refractivity contribution in [2.45, 2.75) is 19.8 Å². The molecule has 4 heterocycles. The molecule has 142 valence electrons. The van der Waals surface area contributed by atoms with Gasteiger partial charge < -0.3 is 9.42 Å². The molecule has 0 aromatic carbocycles. The lowest BCUT2D eigenvalue weighted by molar-refractivity contribution is -0.384. The number of nitro groups is 1. The second-order valence-corrected chi connectivity index (χ2v) is 6.54. The third kappa shape index (κ3) is 3.73. The minimum Gasteiger partial charge on any atom is -0.350 e. The Hall–Kier alpha value is -3.62. The van der Waals surface area contributed by atoms with Gasteiger partial charge in [0.2, 0.25) is 5.82 Å². The number of rotatable bonds is 4. The van der Waals surface area contributed by atoms with Gasteiger partial charge in [-0.25, -0.2) is 4.98 Å². The molecule has 0 aliphatic carbocycles. The van der Waals surface area contributed by atoms with Gasteiger partial charge in [0.15, 0.2) is 5.82 Å². The van der Waals surface area contributed by atoms with Crippen molar-refractivity contribution in [2.24, 2.45) is 0 Å². The van der Waals surface area contributed by atoms with E-state index >= 15 is 0 Å². The van der Waals surface area contributed by atoms with Gasteiger partial charge in [-0.3, -0.25) is 15.1 Å². The van der Waals surface area contributed by atoms with E-state index < -0.39 is 0 Å². The first-order chi connectivity index (χ1) is 13.6. The maximum atomic E-state index is 11.3. The molecule has 0 atom stereocenters. The Bertz CT molecular complexity index is 1020. The van der Waals surface area contributed by atoms with E-state index in [9.17, 15) is 10.1 Å². The number of aryl methyl sites for hydroxylation is 1. The molecule has 0 saturated carbocycles. The summed E-state index contributed by atoms with van der Waals surface area (Å²) >= 11 is 0. The van der Waals surface area contributed by atoms with E-state index in [1.807, 2.05) is 30.0 Å². The van der Waals surface area contributed by atoms with Gasteiger partial charge in [-0.05, 0) is 44.0 Å². The van der Waals surface area contributed by atoms with E-state index in [0.717, 1.165) is 24.1 Å². The van der Waals surface area contributed by atoms with Crippen molar-refractivity contribution in [1.29, 1.82) is 0 Å². The summed E-state index contributed by atoms with van der Waals surface area (Å²) in [6.45, 7) is 3.13. The van der Waals surface area contributed by atoms with Gasteiger partial charge in [0.1, 0.15) is 0 Å². The lowest BCUT2D eigenvalue weighted by atomic mass is 10.0. The molecule has 0 unspecified atom stereocenters. The molecule has 0 amide bonds. The minimum absolute atomic E-state index is 0.0392. The van der Waals surface area contributed by atoms with E-state index in [0.29, 0.717) is 30.6 Å². The standard InChI is InChI=1S/C19H18N6O3/c1-13-4-5-16(25(26)27)18(21-13)24-9-6-14(7-10-24)11-17-22-19(28-23-17)15-3-2-8-20-12-15/h2-5,8,11-12H,6-7,9-10H2,1H3. The Kier molecular flexibility index (Phi) is 4.79. The second-order valence-electron chi connectivity index (χ2n) is 6.54. The molecule has 1 aliphatic heterocycles. The molecular formula is C19H18N6O3. The van der Waals surface area contributed by atoms with Crippen LogP contribution in [0.15, 0.2) is 46.8 Å². The Morgan fingerprint density at radius 3 is 2.75 bits per heavy atom. The van der Waals surface area contributed by atoms with Gasteiger partial charge in [-0.15, -0.1) is 0 Å². The summed E-state index contributed by atoms with van der Waals surface area (Å²) < 4.78 is 5.30. The highest BCUT2D eigenvalue weighted by molar-refractivity contribution is 5.60. The first-order valence-electron chi connectivity index (χ1n) is 8.91. The Morgan fingerprint density at radius 2 is 2.04 bits per heavy atom. The van der Waals surface area contributed by atoms with Crippen molar-refractivity contribution in [3.63, 3.8) is 0 Å². The number of hydrogen-bond acceptors (Lipinski definition) is 8. The third-order valence-corrected chi connectivity index (χ3v) is 4.58. The van der Waals surface area contributed by atoms with Crippen LogP contribution in [0.5, 0.6) is 0 Å². The summed E-state index contributed by atoms with van der Waals surface area (Å²) in [7, 11) is 0. The molecule has 0 spiro atoms. The number of anilines is 1. The Labute approximate surface area is 160 Å². The minimum atomic E-state index is -0.383. The molecule has 1 fully saturated rings. The average molecular weight is 378 g/mol. The molecule has 0 radical (unpaired) electrons. The highest BCUT2D eigenvalue weighted by Gasteiger charge is 2.24. The Morgan fingerprint density at radius 1 is 1.21 bits per heavy atom. The van der Waals surface area contributed by atoms with Gasteiger partial charge >= 0.3 is 5.69 Å². The van der Waals surface area contributed by atoms with Crippen LogP contribution in [0.2, 0.25) is 0 Å². The number of piperidine rings is 1. The van der Waals surface area contributed by atoms with E-state index in [-0.39, 0.29) is 10.6 Å². The van der Waals surface area contributed by atoms with Crippen LogP contribution in [-0.2, 0) is 0 Å². The Balaban J connectivity index is 1.47. The molecular weight excluding hydrogens is 360 g/mol. The van der Waals surface area contributed by atoms with Crippen LogP contribution in [0.25, 0.3) is 17.5 Å². The number of hydrogen-bond donors (Lipinski definition) is 0. The van der Waals surface area contributed by atoms with Crippen LogP contribution < -0.4 is 4.90 Å². The lowest BCUT2D eigenvalue weighted by Gasteiger charge is -2.29. The van der Waals surface area contributed by atoms with Gasteiger partial charge in [0.05, 0.1) is 10.5 Å². The first-order valence-corrected chi connectivity index (χ1v) is 8.91. The van der Waals surface area contributed by atoms with Crippen molar-refractivity contribution in [2.75, 3.05) is 18.0 Å². The van der Waals surface area contributed by atoms with Gasteiger partial charge in [-0.1, -0.05) is 10.7 Å². The maximum Gasteiger partial charge on any atom is 0.311 e. The number of nitrogens with zero attached hydrogens (tertiary/aromatic N) is 6. The monoisotopic (exact) mass is 378 g/mol. The molecule has 4 rings (SSSR count). The normalized spacial score (nSPS) is 14.2. The largest absolute Gasteiger partial charge is 0.350 e. The predicted molar refractivity (Wildman–Crippen MR) is 103 cm³/mol. The van der Waals surface area contributed by atoms with Crippen molar-refractivity contribution in [3.8, 4) is 11.5 Å². The molecule has 0 N–H and O–H groups in total. The van der Waals surface area contributed by atoms with E-state index in [2.05, 4.69) is 20.1 Å². The fraction of sp³-hybridized carbons (Fsp3) is 0.263. The van der Waals surface area contributed by atoms with Gasteiger partial charge in [0, 0.05) is 37.2 Å². The summed E-state index contributed by atoms with van der Waals surface area (Å²) in [6.07, 6.45) is 6.78. The lowest BCUT2D eigenvalue weighted by Crippen LogP contribution is -2.32. The SMILES string of the molecule is Cc1ccc([N+](=O)[O-])c(N2CCC(=Cc3noc(-c4cccnc4)n3)CC2)n1. The van der Waals surface area contributed by atoms with Gasteiger partial charge in [-0.2, -0.15) is 4.98 Å². The van der Waals surface area contributed by atoms with E-state index in [1.165, 1.54) is 11.6 Å². The van der Waals surface area contributed by atoms with Crippen LogP contribution in [0.1, 0.15) is 24.4 Å². The zero-order chi connectivity index (χ0) is 19.5. The fourth-order valence-electron chi connectivity index (χ4n) is 3.14. The predicted octanol–water partition coefficient (Wildman–Crippen LogP) is 3.43.